The summed E-state index contributed by atoms with van der Waals surface area (Å²) in [5, 5.41) is 0. The fourth-order valence-electron chi connectivity index (χ4n) is 3.02. The summed E-state index contributed by atoms with van der Waals surface area (Å²) in [6, 6.07) is 12.0. The maximum atomic E-state index is 12.7. The maximum absolute atomic E-state index is 12.7. The van der Waals surface area contributed by atoms with E-state index in [1.807, 2.05) is 36.1 Å². The quantitative estimate of drug-likeness (QED) is 0.870. The van der Waals surface area contributed by atoms with E-state index in [4.69, 9.17) is 4.74 Å². The Morgan fingerprint density at radius 1 is 1.17 bits per heavy atom. The van der Waals surface area contributed by atoms with Crippen LogP contribution < -0.4 is 4.74 Å². The Balaban J connectivity index is 1.77. The van der Waals surface area contributed by atoms with Crippen LogP contribution in [-0.2, 0) is 0 Å². The molecule has 5 heteroatoms. The first-order valence-corrected chi connectivity index (χ1v) is 8.14. The van der Waals surface area contributed by atoms with Crippen LogP contribution in [0.25, 0.3) is 0 Å². The van der Waals surface area contributed by atoms with Crippen LogP contribution in [0.5, 0.6) is 5.75 Å². The molecule has 1 aromatic carbocycles. The van der Waals surface area contributed by atoms with E-state index in [0.29, 0.717) is 12.1 Å². The van der Waals surface area contributed by atoms with Gasteiger partial charge in [-0.05, 0) is 43.8 Å². The third kappa shape index (κ3) is 3.41. The van der Waals surface area contributed by atoms with Gasteiger partial charge in [-0.25, -0.2) is 0 Å². The third-order valence-corrected chi connectivity index (χ3v) is 4.59. The van der Waals surface area contributed by atoms with Crippen LogP contribution in [-0.4, -0.2) is 54.5 Å². The number of likely N-dealkylation sites (N-methyl/N-ethyl adjacent to an activating group) is 1. The molecule has 0 unspecified atom stereocenters. The summed E-state index contributed by atoms with van der Waals surface area (Å²) in [5.41, 5.74) is 2.76. The molecule has 1 fully saturated rings. The average molecular weight is 325 g/mol. The number of aromatic nitrogens is 1. The van der Waals surface area contributed by atoms with E-state index in [0.717, 1.165) is 24.5 Å². The first-order chi connectivity index (χ1) is 11.6. The van der Waals surface area contributed by atoms with Crippen molar-refractivity contribution in [2.75, 3.05) is 33.8 Å². The molecule has 1 aliphatic heterocycles. The van der Waals surface area contributed by atoms with Gasteiger partial charge in [0, 0.05) is 31.5 Å². The van der Waals surface area contributed by atoms with E-state index in [1.165, 1.54) is 5.56 Å². The van der Waals surface area contributed by atoms with Crippen LogP contribution in [0.4, 0.5) is 0 Å². The standard InChI is InChI=1S/C19H23N3O2/c1-14-4-5-16(12-20-14)19(23)22-11-10-21(2)18(13-22)15-6-8-17(24-3)9-7-15/h4-9,12,18H,10-11,13H2,1-3H3/t18-/m1/s1. The highest BCUT2D eigenvalue weighted by atomic mass is 16.5. The number of benzene rings is 1. The van der Waals surface area contributed by atoms with Crippen molar-refractivity contribution in [2.24, 2.45) is 0 Å². The number of amides is 1. The van der Waals surface area contributed by atoms with Crippen molar-refractivity contribution in [3.05, 3.63) is 59.4 Å². The van der Waals surface area contributed by atoms with Gasteiger partial charge in [-0.3, -0.25) is 14.7 Å². The van der Waals surface area contributed by atoms with Gasteiger partial charge < -0.3 is 9.64 Å². The predicted octanol–water partition coefficient (Wildman–Crippen LogP) is 2.53. The molecule has 0 radical (unpaired) electrons. The molecule has 1 aromatic heterocycles. The SMILES string of the molecule is COc1ccc([C@H]2CN(C(=O)c3ccc(C)nc3)CCN2C)cc1. The van der Waals surface area contributed by atoms with Crippen molar-refractivity contribution in [2.45, 2.75) is 13.0 Å². The number of piperazine rings is 1. The van der Waals surface area contributed by atoms with Crippen LogP contribution in [0.15, 0.2) is 42.6 Å². The van der Waals surface area contributed by atoms with Crippen molar-refractivity contribution in [1.29, 1.82) is 0 Å². The number of aryl methyl sites for hydroxylation is 1. The van der Waals surface area contributed by atoms with Crippen molar-refractivity contribution < 1.29 is 9.53 Å². The largest absolute Gasteiger partial charge is 0.497 e. The van der Waals surface area contributed by atoms with Gasteiger partial charge in [-0.2, -0.15) is 0 Å². The van der Waals surface area contributed by atoms with Gasteiger partial charge in [-0.1, -0.05) is 12.1 Å². The molecule has 2 aromatic rings. The predicted molar refractivity (Wildman–Crippen MR) is 93.2 cm³/mol. The summed E-state index contributed by atoms with van der Waals surface area (Å²) in [4.78, 5) is 21.2. The van der Waals surface area contributed by atoms with E-state index in [2.05, 4.69) is 29.1 Å². The summed E-state index contributed by atoms with van der Waals surface area (Å²) in [5.74, 6) is 0.894. The summed E-state index contributed by atoms with van der Waals surface area (Å²) in [6.07, 6.45) is 1.67. The first kappa shape index (κ1) is 16.5. The Hall–Kier alpha value is -2.40. The molecule has 24 heavy (non-hydrogen) atoms. The molecule has 0 aliphatic carbocycles. The second-order valence-corrected chi connectivity index (χ2v) is 6.21. The van der Waals surface area contributed by atoms with Crippen LogP contribution in [0.1, 0.15) is 27.7 Å². The zero-order valence-electron chi connectivity index (χ0n) is 14.4. The lowest BCUT2D eigenvalue weighted by Crippen LogP contribution is -2.49. The minimum Gasteiger partial charge on any atom is -0.497 e. The number of methoxy groups -OCH3 is 1. The van der Waals surface area contributed by atoms with Gasteiger partial charge in [0.1, 0.15) is 5.75 Å². The molecule has 0 bridgehead atoms. The van der Waals surface area contributed by atoms with Gasteiger partial charge in [0.05, 0.1) is 18.7 Å². The van der Waals surface area contributed by atoms with Gasteiger partial charge in [0.25, 0.3) is 5.91 Å². The molecule has 1 amide bonds. The van der Waals surface area contributed by atoms with Crippen LogP contribution in [0.2, 0.25) is 0 Å². The smallest absolute Gasteiger partial charge is 0.255 e. The zero-order chi connectivity index (χ0) is 17.1. The van der Waals surface area contributed by atoms with E-state index in [1.54, 1.807) is 13.3 Å². The van der Waals surface area contributed by atoms with Crippen molar-refractivity contribution in [3.8, 4) is 5.75 Å². The highest BCUT2D eigenvalue weighted by Gasteiger charge is 2.29. The molecule has 1 saturated heterocycles. The second kappa shape index (κ2) is 7.01. The molecule has 2 heterocycles. The number of pyridine rings is 1. The molecule has 0 saturated carbocycles. The number of ether oxygens (including phenoxy) is 1. The Bertz CT molecular complexity index is 698. The van der Waals surface area contributed by atoms with Gasteiger partial charge in [-0.15, -0.1) is 0 Å². The summed E-state index contributed by atoms with van der Waals surface area (Å²) in [7, 11) is 3.77. The summed E-state index contributed by atoms with van der Waals surface area (Å²) < 4.78 is 5.23. The maximum Gasteiger partial charge on any atom is 0.255 e. The molecular weight excluding hydrogens is 302 g/mol. The second-order valence-electron chi connectivity index (χ2n) is 6.21. The number of hydrogen-bond acceptors (Lipinski definition) is 4. The topological polar surface area (TPSA) is 45.7 Å². The molecule has 5 nitrogen and oxygen atoms in total. The monoisotopic (exact) mass is 325 g/mol. The van der Waals surface area contributed by atoms with E-state index in [9.17, 15) is 4.79 Å². The highest BCUT2D eigenvalue weighted by molar-refractivity contribution is 5.94. The molecular formula is C19H23N3O2. The van der Waals surface area contributed by atoms with Crippen molar-refractivity contribution >= 4 is 5.91 Å². The van der Waals surface area contributed by atoms with Crippen molar-refractivity contribution in [1.82, 2.24) is 14.8 Å². The van der Waals surface area contributed by atoms with Gasteiger partial charge in [0.2, 0.25) is 0 Å². The first-order valence-electron chi connectivity index (χ1n) is 8.14. The third-order valence-electron chi connectivity index (χ3n) is 4.59. The number of carbonyl (C=O) groups is 1. The van der Waals surface area contributed by atoms with Crippen LogP contribution in [0, 0.1) is 6.92 Å². The molecule has 0 spiro atoms. The molecule has 3 rings (SSSR count). The number of rotatable bonds is 3. The van der Waals surface area contributed by atoms with Gasteiger partial charge in [0.15, 0.2) is 0 Å². The van der Waals surface area contributed by atoms with Crippen LogP contribution >= 0.6 is 0 Å². The zero-order valence-corrected chi connectivity index (χ0v) is 14.4. The summed E-state index contributed by atoms with van der Waals surface area (Å²) in [6.45, 7) is 4.18. The lowest BCUT2D eigenvalue weighted by atomic mass is 10.0. The molecule has 1 atom stereocenters. The lowest BCUT2D eigenvalue weighted by Gasteiger charge is -2.39. The minimum absolute atomic E-state index is 0.0501. The minimum atomic E-state index is 0.0501. The van der Waals surface area contributed by atoms with Crippen molar-refractivity contribution in [3.63, 3.8) is 0 Å². The normalized spacial score (nSPS) is 18.5. The average Bonchev–Trinajstić information content (AvgIpc) is 2.62. The van der Waals surface area contributed by atoms with Gasteiger partial charge >= 0.3 is 0 Å². The number of nitrogens with zero attached hydrogens (tertiary/aromatic N) is 3. The highest BCUT2D eigenvalue weighted by Crippen LogP contribution is 2.26. The molecule has 126 valence electrons. The lowest BCUT2D eigenvalue weighted by molar-refractivity contribution is 0.0545. The van der Waals surface area contributed by atoms with Crippen LogP contribution in [0.3, 0.4) is 0 Å². The number of carbonyl (C=O) groups excluding carboxylic acids is 1. The van der Waals surface area contributed by atoms with E-state index >= 15 is 0 Å². The fourth-order valence-corrected chi connectivity index (χ4v) is 3.02. The van der Waals surface area contributed by atoms with E-state index < -0.39 is 0 Å². The fraction of sp³-hybridized carbons (Fsp3) is 0.368. The molecule has 0 N–H and O–H groups in total. The Morgan fingerprint density at radius 2 is 1.92 bits per heavy atom. The summed E-state index contributed by atoms with van der Waals surface area (Å²) >= 11 is 0. The number of hydrogen-bond donors (Lipinski definition) is 0. The Morgan fingerprint density at radius 3 is 2.54 bits per heavy atom. The van der Waals surface area contributed by atoms with E-state index in [-0.39, 0.29) is 11.9 Å². The Kier molecular flexibility index (Phi) is 4.81. The molecule has 1 aliphatic rings. The Labute approximate surface area is 142 Å².